The molecule has 0 aliphatic carbocycles. The van der Waals surface area contributed by atoms with Crippen molar-refractivity contribution in [2.75, 3.05) is 11.9 Å². The van der Waals surface area contributed by atoms with Crippen LogP contribution in [0.25, 0.3) is 0 Å². The first-order chi connectivity index (χ1) is 7.80. The van der Waals surface area contributed by atoms with Gasteiger partial charge >= 0.3 is 6.18 Å². The number of rotatable bonds is 4. The highest BCUT2D eigenvalue weighted by molar-refractivity contribution is 6.30. The Kier molecular flexibility index (Phi) is 4.46. The number of hydrogen-bond acceptors (Lipinski definition) is 1. The molecule has 1 aromatic rings. The molecule has 0 aliphatic heterocycles. The molecule has 0 aromatic heterocycles. The first-order valence-electron chi connectivity index (χ1n) is 5.05. The predicted octanol–water partition coefficient (Wildman–Crippen LogP) is 4.74. The molecule has 0 atom stereocenters. The van der Waals surface area contributed by atoms with Gasteiger partial charge < -0.3 is 5.32 Å². The predicted molar refractivity (Wildman–Crippen MR) is 64.4 cm³/mol. The van der Waals surface area contributed by atoms with Crippen LogP contribution >= 0.6 is 11.6 Å². The Bertz CT molecular complexity index is 413. The maximum atomic E-state index is 12.7. The van der Waals surface area contributed by atoms with Gasteiger partial charge in [-0.15, -0.1) is 6.58 Å². The van der Waals surface area contributed by atoms with Crippen LogP contribution in [0.2, 0.25) is 5.02 Å². The third-order valence-corrected chi connectivity index (χ3v) is 2.39. The topological polar surface area (TPSA) is 12.0 Å². The molecular formula is C12H13ClF3N. The fourth-order valence-corrected chi connectivity index (χ4v) is 1.49. The molecule has 0 saturated heterocycles. The molecule has 0 aliphatic rings. The van der Waals surface area contributed by atoms with E-state index in [0.717, 1.165) is 11.6 Å². The van der Waals surface area contributed by atoms with E-state index in [4.69, 9.17) is 11.6 Å². The maximum absolute atomic E-state index is 12.7. The molecular weight excluding hydrogens is 251 g/mol. The van der Waals surface area contributed by atoms with Crippen LogP contribution in [0.3, 0.4) is 0 Å². The van der Waals surface area contributed by atoms with Crippen LogP contribution in [0.5, 0.6) is 0 Å². The van der Waals surface area contributed by atoms with Gasteiger partial charge in [-0.2, -0.15) is 13.2 Å². The third-order valence-electron chi connectivity index (χ3n) is 2.15. The standard InChI is InChI=1S/C12H13ClF3N/c1-8(2)5-6-17-11-4-3-9(13)7-10(11)12(14,15)16/h3-4,7,17H,1,5-6H2,2H3. The van der Waals surface area contributed by atoms with Gasteiger partial charge in [-0.05, 0) is 31.5 Å². The Hall–Kier alpha value is -1.16. The molecule has 5 heteroatoms. The van der Waals surface area contributed by atoms with E-state index in [1.807, 2.05) is 6.92 Å². The van der Waals surface area contributed by atoms with Crippen LogP contribution in [0.15, 0.2) is 30.4 Å². The number of halogens is 4. The monoisotopic (exact) mass is 263 g/mol. The normalized spacial score (nSPS) is 11.4. The first kappa shape index (κ1) is 13.9. The van der Waals surface area contributed by atoms with Crippen LogP contribution in [0.4, 0.5) is 18.9 Å². The van der Waals surface area contributed by atoms with E-state index in [1.165, 1.54) is 12.1 Å². The summed E-state index contributed by atoms with van der Waals surface area (Å²) in [5.41, 5.74) is 0.217. The second-order valence-corrected chi connectivity index (χ2v) is 4.26. The molecule has 0 amide bonds. The Labute approximate surface area is 103 Å². The number of anilines is 1. The van der Waals surface area contributed by atoms with Gasteiger partial charge in [0.1, 0.15) is 0 Å². The van der Waals surface area contributed by atoms with Crippen LogP contribution in [0.1, 0.15) is 18.9 Å². The summed E-state index contributed by atoms with van der Waals surface area (Å²) in [7, 11) is 0. The third kappa shape index (κ3) is 4.30. The van der Waals surface area contributed by atoms with Crippen molar-refractivity contribution in [3.8, 4) is 0 Å². The lowest BCUT2D eigenvalue weighted by atomic mass is 10.1. The molecule has 17 heavy (non-hydrogen) atoms. The number of benzene rings is 1. The Morgan fingerprint density at radius 1 is 1.41 bits per heavy atom. The van der Waals surface area contributed by atoms with Gasteiger partial charge in [0.05, 0.1) is 5.56 Å². The maximum Gasteiger partial charge on any atom is 0.418 e. The van der Waals surface area contributed by atoms with Crippen LogP contribution in [-0.2, 0) is 6.18 Å². The molecule has 0 unspecified atom stereocenters. The summed E-state index contributed by atoms with van der Waals surface area (Å²) in [4.78, 5) is 0. The fourth-order valence-electron chi connectivity index (χ4n) is 1.32. The van der Waals surface area contributed by atoms with Crippen molar-refractivity contribution in [3.05, 3.63) is 40.9 Å². The minimum Gasteiger partial charge on any atom is -0.384 e. The lowest BCUT2D eigenvalue weighted by Crippen LogP contribution is -2.11. The van der Waals surface area contributed by atoms with Crippen molar-refractivity contribution >= 4 is 17.3 Å². The summed E-state index contributed by atoms with van der Waals surface area (Å²) in [5.74, 6) is 0. The van der Waals surface area contributed by atoms with Gasteiger partial charge in [-0.1, -0.05) is 17.2 Å². The zero-order valence-electron chi connectivity index (χ0n) is 9.37. The molecule has 0 spiro atoms. The second-order valence-electron chi connectivity index (χ2n) is 3.82. The lowest BCUT2D eigenvalue weighted by molar-refractivity contribution is -0.136. The van der Waals surface area contributed by atoms with Gasteiger partial charge in [0, 0.05) is 17.3 Å². The smallest absolute Gasteiger partial charge is 0.384 e. The van der Waals surface area contributed by atoms with E-state index in [-0.39, 0.29) is 10.7 Å². The Balaban J connectivity index is 2.87. The van der Waals surface area contributed by atoms with E-state index in [2.05, 4.69) is 11.9 Å². The molecule has 0 bridgehead atoms. The van der Waals surface area contributed by atoms with Gasteiger partial charge in [-0.3, -0.25) is 0 Å². The van der Waals surface area contributed by atoms with E-state index >= 15 is 0 Å². The highest BCUT2D eigenvalue weighted by atomic mass is 35.5. The summed E-state index contributed by atoms with van der Waals surface area (Å²) in [6.07, 6.45) is -3.78. The largest absolute Gasteiger partial charge is 0.418 e. The van der Waals surface area contributed by atoms with Crippen molar-refractivity contribution in [1.29, 1.82) is 0 Å². The van der Waals surface area contributed by atoms with Gasteiger partial charge in [-0.25, -0.2) is 0 Å². The first-order valence-corrected chi connectivity index (χ1v) is 5.43. The SMILES string of the molecule is C=C(C)CCNc1ccc(Cl)cc1C(F)(F)F. The van der Waals surface area contributed by atoms with Gasteiger partial charge in [0.25, 0.3) is 0 Å². The fraction of sp³-hybridized carbons (Fsp3) is 0.333. The molecule has 1 nitrogen and oxygen atoms in total. The highest BCUT2D eigenvalue weighted by Gasteiger charge is 2.33. The molecule has 1 N–H and O–H groups in total. The molecule has 0 fully saturated rings. The zero-order chi connectivity index (χ0) is 13.1. The molecule has 1 rings (SSSR count). The zero-order valence-corrected chi connectivity index (χ0v) is 10.1. The van der Waals surface area contributed by atoms with E-state index in [0.29, 0.717) is 13.0 Å². The van der Waals surface area contributed by atoms with Crippen molar-refractivity contribution < 1.29 is 13.2 Å². The van der Waals surface area contributed by atoms with Crippen molar-refractivity contribution in [3.63, 3.8) is 0 Å². The van der Waals surface area contributed by atoms with E-state index in [9.17, 15) is 13.2 Å². The Morgan fingerprint density at radius 2 is 2.06 bits per heavy atom. The summed E-state index contributed by atoms with van der Waals surface area (Å²) in [6.45, 7) is 5.93. The summed E-state index contributed by atoms with van der Waals surface area (Å²) in [6, 6.07) is 3.69. The number of alkyl halides is 3. The average Bonchev–Trinajstić information content (AvgIpc) is 2.18. The van der Waals surface area contributed by atoms with E-state index < -0.39 is 11.7 Å². The summed E-state index contributed by atoms with van der Waals surface area (Å²) >= 11 is 5.57. The van der Waals surface area contributed by atoms with Crippen LogP contribution in [0, 0.1) is 0 Å². The van der Waals surface area contributed by atoms with Gasteiger partial charge in [0.15, 0.2) is 0 Å². The van der Waals surface area contributed by atoms with Crippen molar-refractivity contribution in [2.24, 2.45) is 0 Å². The molecule has 94 valence electrons. The number of hydrogen-bond donors (Lipinski definition) is 1. The quantitative estimate of drug-likeness (QED) is 0.774. The minimum absolute atomic E-state index is 0.0446. The van der Waals surface area contributed by atoms with Crippen LogP contribution < -0.4 is 5.32 Å². The lowest BCUT2D eigenvalue weighted by Gasteiger charge is -2.14. The minimum atomic E-state index is -4.41. The van der Waals surface area contributed by atoms with Crippen LogP contribution in [-0.4, -0.2) is 6.54 Å². The van der Waals surface area contributed by atoms with E-state index in [1.54, 1.807) is 0 Å². The second kappa shape index (κ2) is 5.45. The number of nitrogens with one attached hydrogen (secondary N) is 1. The Morgan fingerprint density at radius 3 is 2.59 bits per heavy atom. The summed E-state index contributed by atoms with van der Waals surface area (Å²) in [5, 5.41) is 2.81. The average molecular weight is 264 g/mol. The molecule has 1 aromatic carbocycles. The van der Waals surface area contributed by atoms with Gasteiger partial charge in [0.2, 0.25) is 0 Å². The highest BCUT2D eigenvalue weighted by Crippen LogP contribution is 2.36. The molecule has 0 saturated carbocycles. The van der Waals surface area contributed by atoms with Crippen molar-refractivity contribution in [1.82, 2.24) is 0 Å². The summed E-state index contributed by atoms with van der Waals surface area (Å²) < 4.78 is 38.1. The molecule has 0 heterocycles. The molecule has 0 radical (unpaired) electrons. The van der Waals surface area contributed by atoms with Crippen molar-refractivity contribution in [2.45, 2.75) is 19.5 Å².